The lowest BCUT2D eigenvalue weighted by molar-refractivity contribution is 1.39. The molecular weight excluding hydrogens is 539 g/mol. The van der Waals surface area contributed by atoms with Crippen LogP contribution >= 0.6 is 11.3 Å². The monoisotopic (exact) mass is 569 g/mol. The molecule has 0 bridgehead atoms. The van der Waals surface area contributed by atoms with E-state index in [1.165, 1.54) is 55.6 Å². The third kappa shape index (κ3) is 5.58. The van der Waals surface area contributed by atoms with Crippen molar-refractivity contribution in [3.63, 3.8) is 0 Å². The molecule has 1 aromatic heterocycles. The van der Waals surface area contributed by atoms with E-state index in [0.717, 1.165) is 21.8 Å². The maximum Gasteiger partial charge on any atom is 0.124 e. The standard InChI is InChI=1S/C41H31NS/c1-28-21-32(30-13-5-3-6-14-30)25-34(23-28)36-17-9-11-19-38(36)40-27-43-41(42-40)39-20-12-10-18-37(39)35-24-29(2)22-33(26-35)31-15-7-4-8-16-31/h3-27H,1-2H3. The molecule has 43 heavy (non-hydrogen) atoms. The molecule has 6 aromatic carbocycles. The predicted octanol–water partition coefficient (Wildman–Crippen LogP) is 11.8. The molecule has 7 rings (SSSR count). The van der Waals surface area contributed by atoms with Crippen LogP contribution in [0.3, 0.4) is 0 Å². The molecule has 1 heterocycles. The highest BCUT2D eigenvalue weighted by Crippen LogP contribution is 2.40. The second kappa shape index (κ2) is 11.7. The fraction of sp³-hybridized carbons (Fsp3) is 0.0488. The summed E-state index contributed by atoms with van der Waals surface area (Å²) < 4.78 is 0. The number of aryl methyl sites for hydroxylation is 2. The van der Waals surface area contributed by atoms with Crippen molar-refractivity contribution >= 4 is 11.3 Å². The zero-order chi connectivity index (χ0) is 29.2. The molecule has 1 nitrogen and oxygen atoms in total. The Hall–Kier alpha value is -5.05. The Morgan fingerprint density at radius 3 is 1.35 bits per heavy atom. The molecule has 0 fully saturated rings. The van der Waals surface area contributed by atoms with Crippen molar-refractivity contribution < 1.29 is 0 Å². The molecule has 0 amide bonds. The summed E-state index contributed by atoms with van der Waals surface area (Å²) in [7, 11) is 0. The molecule has 0 aliphatic heterocycles. The first-order chi connectivity index (χ1) is 21.1. The highest BCUT2D eigenvalue weighted by molar-refractivity contribution is 7.13. The van der Waals surface area contributed by atoms with Crippen LogP contribution in [0.15, 0.2) is 151 Å². The van der Waals surface area contributed by atoms with Crippen molar-refractivity contribution in [1.29, 1.82) is 0 Å². The summed E-state index contributed by atoms with van der Waals surface area (Å²) in [4.78, 5) is 5.25. The highest BCUT2D eigenvalue weighted by atomic mass is 32.1. The minimum Gasteiger partial charge on any atom is -0.236 e. The molecule has 0 radical (unpaired) electrons. The van der Waals surface area contributed by atoms with Crippen molar-refractivity contribution in [3.05, 3.63) is 162 Å². The summed E-state index contributed by atoms with van der Waals surface area (Å²) in [6.45, 7) is 4.34. The van der Waals surface area contributed by atoms with E-state index in [4.69, 9.17) is 4.98 Å². The van der Waals surface area contributed by atoms with E-state index in [1.807, 2.05) is 0 Å². The third-order valence-corrected chi connectivity index (χ3v) is 8.73. The largest absolute Gasteiger partial charge is 0.236 e. The van der Waals surface area contributed by atoms with E-state index in [1.54, 1.807) is 11.3 Å². The number of hydrogen-bond acceptors (Lipinski definition) is 2. The molecule has 0 N–H and O–H groups in total. The van der Waals surface area contributed by atoms with Gasteiger partial charge in [-0.2, -0.15) is 0 Å². The third-order valence-electron chi connectivity index (χ3n) is 7.86. The molecule has 7 aromatic rings. The van der Waals surface area contributed by atoms with Crippen molar-refractivity contribution in [3.8, 4) is 66.3 Å². The van der Waals surface area contributed by atoms with Gasteiger partial charge in [0.2, 0.25) is 0 Å². The number of nitrogens with zero attached hydrogens (tertiary/aromatic N) is 1. The number of rotatable bonds is 6. The van der Waals surface area contributed by atoms with E-state index in [0.29, 0.717) is 0 Å². The van der Waals surface area contributed by atoms with E-state index in [-0.39, 0.29) is 0 Å². The van der Waals surface area contributed by atoms with Crippen molar-refractivity contribution in [2.24, 2.45) is 0 Å². The van der Waals surface area contributed by atoms with E-state index in [2.05, 4.69) is 165 Å². The number of aromatic nitrogens is 1. The maximum atomic E-state index is 5.25. The normalized spacial score (nSPS) is 11.0. The zero-order valence-electron chi connectivity index (χ0n) is 24.3. The van der Waals surface area contributed by atoms with Crippen LogP contribution in [0.25, 0.3) is 66.3 Å². The first-order valence-electron chi connectivity index (χ1n) is 14.6. The van der Waals surface area contributed by atoms with E-state index in [9.17, 15) is 0 Å². The van der Waals surface area contributed by atoms with Crippen molar-refractivity contribution in [2.45, 2.75) is 13.8 Å². The maximum absolute atomic E-state index is 5.25. The lowest BCUT2D eigenvalue weighted by Gasteiger charge is -2.12. The topological polar surface area (TPSA) is 12.9 Å². The van der Waals surface area contributed by atoms with Gasteiger partial charge in [0.1, 0.15) is 5.01 Å². The Morgan fingerprint density at radius 2 is 0.814 bits per heavy atom. The van der Waals surface area contributed by atoms with E-state index < -0.39 is 0 Å². The second-order valence-corrected chi connectivity index (χ2v) is 11.9. The first-order valence-corrected chi connectivity index (χ1v) is 15.5. The molecule has 0 atom stereocenters. The number of hydrogen-bond donors (Lipinski definition) is 0. The van der Waals surface area contributed by atoms with Gasteiger partial charge in [0.25, 0.3) is 0 Å². The summed E-state index contributed by atoms with van der Waals surface area (Å²) in [5, 5.41) is 3.22. The molecule has 206 valence electrons. The van der Waals surface area contributed by atoms with Gasteiger partial charge in [-0.1, -0.05) is 133 Å². The molecular formula is C41H31NS. The van der Waals surface area contributed by atoms with Gasteiger partial charge in [0.05, 0.1) is 5.69 Å². The molecule has 0 aliphatic rings. The first kappa shape index (κ1) is 26.8. The fourth-order valence-electron chi connectivity index (χ4n) is 5.87. The Labute approximate surface area is 257 Å². The average molecular weight is 570 g/mol. The fourth-order valence-corrected chi connectivity index (χ4v) is 6.73. The van der Waals surface area contributed by atoms with Gasteiger partial charge in [-0.25, -0.2) is 4.98 Å². The van der Waals surface area contributed by atoms with Gasteiger partial charge in [-0.15, -0.1) is 11.3 Å². The molecule has 2 heteroatoms. The summed E-state index contributed by atoms with van der Waals surface area (Å²) in [5.74, 6) is 0. The molecule has 0 saturated carbocycles. The molecule has 0 unspecified atom stereocenters. The van der Waals surface area contributed by atoms with Gasteiger partial charge >= 0.3 is 0 Å². The zero-order valence-corrected chi connectivity index (χ0v) is 25.1. The smallest absolute Gasteiger partial charge is 0.124 e. The predicted molar refractivity (Wildman–Crippen MR) is 184 cm³/mol. The molecule has 0 spiro atoms. The molecule has 0 saturated heterocycles. The number of thiazole rings is 1. The van der Waals surface area contributed by atoms with Gasteiger partial charge in [-0.05, 0) is 81.6 Å². The number of benzene rings is 6. The van der Waals surface area contributed by atoms with Gasteiger partial charge < -0.3 is 0 Å². The minimum absolute atomic E-state index is 1.00. The van der Waals surface area contributed by atoms with Crippen molar-refractivity contribution in [2.75, 3.05) is 0 Å². The van der Waals surface area contributed by atoms with Gasteiger partial charge in [-0.3, -0.25) is 0 Å². The van der Waals surface area contributed by atoms with Crippen LogP contribution in [0.2, 0.25) is 0 Å². The average Bonchev–Trinajstić information content (AvgIpc) is 3.55. The van der Waals surface area contributed by atoms with Crippen LogP contribution in [0, 0.1) is 13.8 Å². The Balaban J connectivity index is 1.29. The lowest BCUT2D eigenvalue weighted by Crippen LogP contribution is -1.90. The second-order valence-electron chi connectivity index (χ2n) is 11.0. The SMILES string of the molecule is Cc1cc(-c2ccccc2)cc(-c2ccccc2-c2csc(-c3ccccc3-c3cc(C)cc(-c4ccccc4)c3)n2)c1. The summed E-state index contributed by atoms with van der Waals surface area (Å²) >= 11 is 1.71. The van der Waals surface area contributed by atoms with Crippen molar-refractivity contribution in [1.82, 2.24) is 4.98 Å². The Bertz CT molecular complexity index is 1890. The van der Waals surface area contributed by atoms with Crippen LogP contribution in [0.4, 0.5) is 0 Å². The highest BCUT2D eigenvalue weighted by Gasteiger charge is 2.16. The summed E-state index contributed by atoms with van der Waals surface area (Å²) in [5.41, 5.74) is 15.5. The quantitative estimate of drug-likeness (QED) is 0.194. The van der Waals surface area contributed by atoms with Crippen LogP contribution in [0.5, 0.6) is 0 Å². The Morgan fingerprint density at radius 1 is 0.395 bits per heavy atom. The van der Waals surface area contributed by atoms with E-state index >= 15 is 0 Å². The van der Waals surface area contributed by atoms with Crippen LogP contribution in [-0.2, 0) is 0 Å². The van der Waals surface area contributed by atoms with Gasteiger partial charge in [0, 0.05) is 16.5 Å². The minimum atomic E-state index is 1.00. The Kier molecular flexibility index (Phi) is 7.28. The van der Waals surface area contributed by atoms with Gasteiger partial charge in [0.15, 0.2) is 0 Å². The summed E-state index contributed by atoms with van der Waals surface area (Å²) in [6.07, 6.45) is 0. The van der Waals surface area contributed by atoms with Crippen LogP contribution in [0.1, 0.15) is 11.1 Å². The lowest BCUT2D eigenvalue weighted by atomic mass is 9.93. The van der Waals surface area contributed by atoms with Crippen LogP contribution in [-0.4, -0.2) is 4.98 Å². The molecule has 0 aliphatic carbocycles. The van der Waals surface area contributed by atoms with Crippen LogP contribution < -0.4 is 0 Å². The summed E-state index contributed by atoms with van der Waals surface area (Å²) in [6, 6.07) is 52.1.